The SMILES string of the molecule is Cc1cc(NS(=O)(=O)c2ccc(C(=O)NCCC(C)C)cc2)no1. The predicted molar refractivity (Wildman–Crippen MR) is 90.3 cm³/mol. The first-order valence-electron chi connectivity index (χ1n) is 7.62. The topological polar surface area (TPSA) is 101 Å². The summed E-state index contributed by atoms with van der Waals surface area (Å²) in [5, 5.41) is 6.40. The number of carbonyl (C=O) groups is 1. The van der Waals surface area contributed by atoms with Gasteiger partial charge in [0.25, 0.3) is 15.9 Å². The molecular formula is C16H21N3O4S. The van der Waals surface area contributed by atoms with Crippen molar-refractivity contribution < 1.29 is 17.7 Å². The first-order valence-corrected chi connectivity index (χ1v) is 9.10. The molecule has 130 valence electrons. The Morgan fingerprint density at radius 3 is 2.46 bits per heavy atom. The molecule has 0 saturated carbocycles. The lowest BCUT2D eigenvalue weighted by Gasteiger charge is -2.08. The zero-order valence-electron chi connectivity index (χ0n) is 13.9. The lowest BCUT2D eigenvalue weighted by atomic mass is 10.1. The highest BCUT2D eigenvalue weighted by Gasteiger charge is 2.17. The Kier molecular flexibility index (Phi) is 5.61. The molecule has 0 bridgehead atoms. The Morgan fingerprint density at radius 2 is 1.92 bits per heavy atom. The number of anilines is 1. The molecule has 0 aliphatic rings. The molecule has 0 radical (unpaired) electrons. The second-order valence-corrected chi connectivity index (χ2v) is 7.57. The van der Waals surface area contributed by atoms with Gasteiger partial charge in [-0.2, -0.15) is 0 Å². The maximum Gasteiger partial charge on any atom is 0.263 e. The zero-order chi connectivity index (χ0) is 17.7. The largest absolute Gasteiger partial charge is 0.360 e. The second-order valence-electron chi connectivity index (χ2n) is 5.89. The lowest BCUT2D eigenvalue weighted by molar-refractivity contribution is 0.0952. The molecule has 1 amide bonds. The molecule has 24 heavy (non-hydrogen) atoms. The van der Waals surface area contributed by atoms with Gasteiger partial charge in [-0.15, -0.1) is 0 Å². The van der Waals surface area contributed by atoms with Crippen LogP contribution < -0.4 is 10.0 Å². The van der Waals surface area contributed by atoms with Crippen LogP contribution in [0.4, 0.5) is 5.82 Å². The van der Waals surface area contributed by atoms with Crippen molar-refractivity contribution in [1.82, 2.24) is 10.5 Å². The molecule has 1 aromatic heterocycles. The van der Waals surface area contributed by atoms with Crippen molar-refractivity contribution in [2.75, 3.05) is 11.3 Å². The van der Waals surface area contributed by atoms with Gasteiger partial charge in [-0.3, -0.25) is 9.52 Å². The molecular weight excluding hydrogens is 330 g/mol. The van der Waals surface area contributed by atoms with E-state index in [4.69, 9.17) is 4.52 Å². The van der Waals surface area contributed by atoms with Crippen LogP contribution in [0, 0.1) is 12.8 Å². The smallest absolute Gasteiger partial charge is 0.263 e. The highest BCUT2D eigenvalue weighted by atomic mass is 32.2. The minimum atomic E-state index is -3.77. The molecule has 0 aliphatic heterocycles. The Morgan fingerprint density at radius 1 is 1.25 bits per heavy atom. The summed E-state index contributed by atoms with van der Waals surface area (Å²) in [6.45, 7) is 6.41. The molecule has 1 aromatic carbocycles. The quantitative estimate of drug-likeness (QED) is 0.798. The zero-order valence-corrected chi connectivity index (χ0v) is 14.7. The third-order valence-electron chi connectivity index (χ3n) is 3.30. The molecule has 0 unspecified atom stereocenters. The molecule has 1 heterocycles. The number of rotatable bonds is 7. The average Bonchev–Trinajstić information content (AvgIpc) is 2.91. The summed E-state index contributed by atoms with van der Waals surface area (Å²) >= 11 is 0. The van der Waals surface area contributed by atoms with E-state index in [1.54, 1.807) is 6.92 Å². The molecule has 2 aromatic rings. The van der Waals surface area contributed by atoms with E-state index < -0.39 is 10.0 Å². The molecule has 0 fully saturated rings. The molecule has 2 N–H and O–H groups in total. The summed E-state index contributed by atoms with van der Waals surface area (Å²) in [5.74, 6) is 0.896. The number of nitrogens with one attached hydrogen (secondary N) is 2. The summed E-state index contributed by atoms with van der Waals surface area (Å²) in [6, 6.07) is 7.20. The summed E-state index contributed by atoms with van der Waals surface area (Å²) in [4.78, 5) is 12.0. The van der Waals surface area contributed by atoms with E-state index >= 15 is 0 Å². The van der Waals surface area contributed by atoms with Crippen LogP contribution in [0.2, 0.25) is 0 Å². The van der Waals surface area contributed by atoms with Crippen molar-refractivity contribution in [3.63, 3.8) is 0 Å². The maximum atomic E-state index is 12.2. The summed E-state index contributed by atoms with van der Waals surface area (Å²) in [5.41, 5.74) is 0.412. The third-order valence-corrected chi connectivity index (χ3v) is 4.67. The highest BCUT2D eigenvalue weighted by Crippen LogP contribution is 2.16. The van der Waals surface area contributed by atoms with Crippen molar-refractivity contribution in [1.29, 1.82) is 0 Å². The van der Waals surface area contributed by atoms with Gasteiger partial charge < -0.3 is 9.84 Å². The van der Waals surface area contributed by atoms with E-state index in [0.29, 0.717) is 23.8 Å². The van der Waals surface area contributed by atoms with Gasteiger partial charge in [-0.1, -0.05) is 19.0 Å². The van der Waals surface area contributed by atoms with Crippen LogP contribution in [-0.2, 0) is 10.0 Å². The normalized spacial score (nSPS) is 11.5. The maximum absolute atomic E-state index is 12.2. The van der Waals surface area contributed by atoms with E-state index in [2.05, 4.69) is 29.0 Å². The van der Waals surface area contributed by atoms with Crippen molar-refractivity contribution in [2.24, 2.45) is 5.92 Å². The summed E-state index contributed by atoms with van der Waals surface area (Å²) < 4.78 is 31.6. The fraction of sp³-hybridized carbons (Fsp3) is 0.375. The molecule has 0 atom stereocenters. The molecule has 0 saturated heterocycles. The predicted octanol–water partition coefficient (Wildman–Crippen LogP) is 2.56. The summed E-state index contributed by atoms with van der Waals surface area (Å²) in [7, 11) is -3.77. The van der Waals surface area contributed by atoms with Gasteiger partial charge in [-0.25, -0.2) is 8.42 Å². The molecule has 7 nitrogen and oxygen atoms in total. The Labute approximate surface area is 141 Å². The number of benzene rings is 1. The average molecular weight is 351 g/mol. The number of hydrogen-bond acceptors (Lipinski definition) is 5. The fourth-order valence-electron chi connectivity index (χ4n) is 1.97. The van der Waals surface area contributed by atoms with Crippen LogP contribution in [0.1, 0.15) is 36.4 Å². The number of nitrogens with zero attached hydrogens (tertiary/aromatic N) is 1. The minimum Gasteiger partial charge on any atom is -0.360 e. The van der Waals surface area contributed by atoms with Gasteiger partial charge in [0.2, 0.25) is 0 Å². The first kappa shape index (κ1) is 18.0. The van der Waals surface area contributed by atoms with Gasteiger partial charge in [0.05, 0.1) is 4.90 Å². The highest BCUT2D eigenvalue weighted by molar-refractivity contribution is 7.92. The van der Waals surface area contributed by atoms with Crippen molar-refractivity contribution in [3.8, 4) is 0 Å². The second kappa shape index (κ2) is 7.48. The van der Waals surface area contributed by atoms with Crippen LogP contribution >= 0.6 is 0 Å². The monoisotopic (exact) mass is 351 g/mol. The first-order chi connectivity index (χ1) is 11.3. The fourth-order valence-corrected chi connectivity index (χ4v) is 2.96. The number of hydrogen-bond donors (Lipinski definition) is 2. The van der Waals surface area contributed by atoms with E-state index in [1.165, 1.54) is 30.3 Å². The lowest BCUT2D eigenvalue weighted by Crippen LogP contribution is -2.25. The van der Waals surface area contributed by atoms with Gasteiger partial charge in [0.1, 0.15) is 5.76 Å². The molecule has 2 rings (SSSR count). The van der Waals surface area contributed by atoms with Gasteiger partial charge in [0.15, 0.2) is 5.82 Å². The van der Waals surface area contributed by atoms with E-state index in [0.717, 1.165) is 6.42 Å². The molecule has 0 aliphatic carbocycles. The summed E-state index contributed by atoms with van der Waals surface area (Å²) in [6.07, 6.45) is 0.888. The van der Waals surface area contributed by atoms with E-state index in [1.807, 2.05) is 0 Å². The Balaban J connectivity index is 2.03. The van der Waals surface area contributed by atoms with Gasteiger partial charge in [-0.05, 0) is 43.5 Å². The van der Waals surface area contributed by atoms with Crippen molar-refractivity contribution in [3.05, 3.63) is 41.7 Å². The number of carbonyl (C=O) groups excluding carboxylic acids is 1. The number of aryl methyl sites for hydroxylation is 1. The third kappa shape index (κ3) is 4.82. The number of sulfonamides is 1. The molecule has 8 heteroatoms. The van der Waals surface area contributed by atoms with E-state index in [9.17, 15) is 13.2 Å². The van der Waals surface area contributed by atoms with Gasteiger partial charge >= 0.3 is 0 Å². The van der Waals surface area contributed by atoms with Gasteiger partial charge in [0, 0.05) is 18.2 Å². The van der Waals surface area contributed by atoms with Crippen LogP contribution in [-0.4, -0.2) is 26.0 Å². The van der Waals surface area contributed by atoms with Crippen LogP contribution in [0.15, 0.2) is 39.8 Å². The van der Waals surface area contributed by atoms with Crippen LogP contribution in [0.25, 0.3) is 0 Å². The minimum absolute atomic E-state index is 0.0434. The number of aromatic nitrogens is 1. The van der Waals surface area contributed by atoms with Crippen molar-refractivity contribution >= 4 is 21.7 Å². The van der Waals surface area contributed by atoms with E-state index in [-0.39, 0.29) is 16.6 Å². The number of amides is 1. The van der Waals surface area contributed by atoms with Crippen LogP contribution in [0.3, 0.4) is 0 Å². The van der Waals surface area contributed by atoms with Crippen molar-refractivity contribution in [2.45, 2.75) is 32.1 Å². The Hall–Kier alpha value is -2.35. The van der Waals surface area contributed by atoms with Crippen LogP contribution in [0.5, 0.6) is 0 Å². The Bertz CT molecular complexity index is 795. The molecule has 0 spiro atoms. The standard InChI is InChI=1S/C16H21N3O4S/c1-11(2)8-9-17-16(20)13-4-6-14(7-5-13)24(21,22)19-15-10-12(3)23-18-15/h4-7,10-11H,8-9H2,1-3H3,(H,17,20)(H,18,19).